The zero-order valence-corrected chi connectivity index (χ0v) is 11.8. The van der Waals surface area contributed by atoms with Crippen molar-refractivity contribution >= 4 is 5.97 Å². The monoisotopic (exact) mass is 248 g/mol. The fourth-order valence-electron chi connectivity index (χ4n) is 5.13. The Kier molecular flexibility index (Phi) is 2.46. The molecule has 4 saturated carbocycles. The highest BCUT2D eigenvalue weighted by molar-refractivity contribution is 5.87. The molecule has 4 rings (SSSR count). The molecule has 0 saturated heterocycles. The third-order valence-electron chi connectivity index (χ3n) is 5.67. The van der Waals surface area contributed by atoms with E-state index in [0.29, 0.717) is 11.0 Å². The van der Waals surface area contributed by atoms with Gasteiger partial charge in [0.05, 0.1) is 0 Å². The van der Waals surface area contributed by atoms with Crippen LogP contribution in [0.25, 0.3) is 0 Å². The molecule has 0 N–H and O–H groups in total. The number of esters is 1. The van der Waals surface area contributed by atoms with Crippen LogP contribution in [0.15, 0.2) is 12.2 Å². The van der Waals surface area contributed by atoms with Crippen LogP contribution >= 0.6 is 0 Å². The molecule has 18 heavy (non-hydrogen) atoms. The van der Waals surface area contributed by atoms with E-state index in [-0.39, 0.29) is 11.6 Å². The zero-order chi connectivity index (χ0) is 13.1. The summed E-state index contributed by atoms with van der Waals surface area (Å²) in [4.78, 5) is 11.9. The summed E-state index contributed by atoms with van der Waals surface area (Å²) in [5.74, 6) is 2.14. The number of rotatable bonds is 2. The van der Waals surface area contributed by atoms with Gasteiger partial charge in [-0.1, -0.05) is 20.4 Å². The van der Waals surface area contributed by atoms with Crippen LogP contribution in [0.1, 0.15) is 52.9 Å². The highest BCUT2D eigenvalue weighted by atomic mass is 16.6. The number of hydrogen-bond acceptors (Lipinski definition) is 2. The first kappa shape index (κ1) is 12.3. The van der Waals surface area contributed by atoms with Crippen LogP contribution in [-0.4, -0.2) is 11.6 Å². The van der Waals surface area contributed by atoms with Crippen molar-refractivity contribution in [1.82, 2.24) is 0 Å². The SMILES string of the molecule is C=C(C)C(=O)OC12CC3CC(C)(CC(C1)C3C)C2. The molecule has 0 aromatic heterocycles. The number of carbonyl (C=O) groups is 1. The molecule has 4 bridgehead atoms. The van der Waals surface area contributed by atoms with E-state index in [0.717, 1.165) is 37.0 Å². The molecule has 2 nitrogen and oxygen atoms in total. The van der Waals surface area contributed by atoms with E-state index in [9.17, 15) is 4.79 Å². The summed E-state index contributed by atoms with van der Waals surface area (Å²) < 4.78 is 5.89. The number of hydrogen-bond donors (Lipinski definition) is 0. The fourth-order valence-corrected chi connectivity index (χ4v) is 5.13. The molecule has 2 atom stereocenters. The molecule has 4 aliphatic carbocycles. The van der Waals surface area contributed by atoms with E-state index in [1.54, 1.807) is 6.92 Å². The Hall–Kier alpha value is -0.790. The molecular weight excluding hydrogens is 224 g/mol. The van der Waals surface area contributed by atoms with Crippen LogP contribution in [-0.2, 0) is 9.53 Å². The van der Waals surface area contributed by atoms with Crippen molar-refractivity contribution in [2.75, 3.05) is 0 Å². The normalized spacial score (nSPS) is 49.2. The van der Waals surface area contributed by atoms with E-state index in [1.807, 2.05) is 0 Å². The summed E-state index contributed by atoms with van der Waals surface area (Å²) in [6.07, 6.45) is 5.89. The van der Waals surface area contributed by atoms with Gasteiger partial charge < -0.3 is 4.74 Å². The van der Waals surface area contributed by atoms with Gasteiger partial charge >= 0.3 is 5.97 Å². The van der Waals surface area contributed by atoms with Crippen LogP contribution in [0.5, 0.6) is 0 Å². The quantitative estimate of drug-likeness (QED) is 0.550. The molecule has 4 fully saturated rings. The summed E-state index contributed by atoms with van der Waals surface area (Å²) in [5, 5.41) is 0. The third-order valence-corrected chi connectivity index (χ3v) is 5.67. The van der Waals surface area contributed by atoms with Gasteiger partial charge in [-0.05, 0) is 62.2 Å². The predicted molar refractivity (Wildman–Crippen MR) is 71.0 cm³/mol. The van der Waals surface area contributed by atoms with Crippen molar-refractivity contribution in [3.63, 3.8) is 0 Å². The lowest BCUT2D eigenvalue weighted by Crippen LogP contribution is -2.59. The van der Waals surface area contributed by atoms with Crippen molar-refractivity contribution in [3.8, 4) is 0 Å². The maximum atomic E-state index is 11.9. The molecule has 2 heteroatoms. The fraction of sp³-hybridized carbons (Fsp3) is 0.812. The van der Waals surface area contributed by atoms with Gasteiger partial charge in [-0.3, -0.25) is 0 Å². The molecule has 0 aromatic rings. The highest BCUT2D eigenvalue weighted by Gasteiger charge is 2.60. The van der Waals surface area contributed by atoms with Crippen molar-refractivity contribution in [2.45, 2.75) is 58.5 Å². The second-order valence-electron chi connectivity index (χ2n) is 7.54. The van der Waals surface area contributed by atoms with Crippen LogP contribution in [0.3, 0.4) is 0 Å². The Labute approximate surface area is 110 Å². The minimum atomic E-state index is -0.187. The number of ether oxygens (including phenoxy) is 1. The Bertz CT molecular complexity index is 393. The van der Waals surface area contributed by atoms with Crippen LogP contribution in [0, 0.1) is 23.2 Å². The van der Waals surface area contributed by atoms with E-state index < -0.39 is 0 Å². The second kappa shape index (κ2) is 3.61. The van der Waals surface area contributed by atoms with Gasteiger partial charge in [0.1, 0.15) is 5.60 Å². The Morgan fingerprint density at radius 2 is 1.78 bits per heavy atom. The predicted octanol–water partition coefficient (Wildman–Crippen LogP) is 3.71. The zero-order valence-electron chi connectivity index (χ0n) is 11.8. The van der Waals surface area contributed by atoms with Gasteiger partial charge in [-0.2, -0.15) is 0 Å². The van der Waals surface area contributed by atoms with E-state index in [2.05, 4.69) is 20.4 Å². The molecule has 0 aromatic carbocycles. The van der Waals surface area contributed by atoms with Gasteiger partial charge in [0.25, 0.3) is 0 Å². The standard InChI is InChI=1S/C16H24O2/c1-10(2)14(17)18-16-7-12-5-15(4,9-16)6-13(8-16)11(12)3/h11-13H,1,5-9H2,2-4H3. The minimum absolute atomic E-state index is 0.164. The lowest BCUT2D eigenvalue weighted by Gasteiger charge is -2.62. The maximum Gasteiger partial charge on any atom is 0.333 e. The molecule has 100 valence electrons. The molecule has 0 spiro atoms. The van der Waals surface area contributed by atoms with Crippen molar-refractivity contribution in [2.24, 2.45) is 23.2 Å². The average Bonchev–Trinajstić information content (AvgIpc) is 2.22. The van der Waals surface area contributed by atoms with E-state index in [1.165, 1.54) is 12.8 Å². The highest BCUT2D eigenvalue weighted by Crippen LogP contribution is 2.64. The first-order chi connectivity index (χ1) is 8.33. The molecule has 0 amide bonds. The average molecular weight is 248 g/mol. The Balaban J connectivity index is 1.86. The van der Waals surface area contributed by atoms with Gasteiger partial charge in [0, 0.05) is 5.57 Å². The summed E-state index contributed by atoms with van der Waals surface area (Å²) in [6.45, 7) is 10.2. The number of carbonyl (C=O) groups excluding carboxylic acids is 1. The Morgan fingerprint density at radius 3 is 2.28 bits per heavy atom. The smallest absolute Gasteiger partial charge is 0.333 e. The molecule has 0 radical (unpaired) electrons. The third kappa shape index (κ3) is 1.72. The van der Waals surface area contributed by atoms with Gasteiger partial charge in [-0.25, -0.2) is 4.79 Å². The summed E-state index contributed by atoms with van der Waals surface area (Å²) >= 11 is 0. The Morgan fingerprint density at radius 1 is 1.22 bits per heavy atom. The van der Waals surface area contributed by atoms with Crippen LogP contribution in [0.4, 0.5) is 0 Å². The van der Waals surface area contributed by atoms with Gasteiger partial charge in [0.2, 0.25) is 0 Å². The van der Waals surface area contributed by atoms with Gasteiger partial charge in [-0.15, -0.1) is 0 Å². The van der Waals surface area contributed by atoms with E-state index >= 15 is 0 Å². The topological polar surface area (TPSA) is 26.3 Å². The molecule has 4 aliphatic rings. The molecule has 0 heterocycles. The lowest BCUT2D eigenvalue weighted by atomic mass is 9.45. The summed E-state index contributed by atoms with van der Waals surface area (Å²) in [5.41, 5.74) is 0.778. The van der Waals surface area contributed by atoms with Gasteiger partial charge in [0.15, 0.2) is 0 Å². The minimum Gasteiger partial charge on any atom is -0.456 e. The van der Waals surface area contributed by atoms with Crippen molar-refractivity contribution in [3.05, 3.63) is 12.2 Å². The molecular formula is C16H24O2. The summed E-state index contributed by atoms with van der Waals surface area (Å²) in [7, 11) is 0. The van der Waals surface area contributed by atoms with Crippen molar-refractivity contribution < 1.29 is 9.53 Å². The molecule has 0 aliphatic heterocycles. The first-order valence-corrected chi connectivity index (χ1v) is 7.21. The second-order valence-corrected chi connectivity index (χ2v) is 7.54. The largest absolute Gasteiger partial charge is 0.456 e. The van der Waals surface area contributed by atoms with Crippen LogP contribution < -0.4 is 0 Å². The first-order valence-electron chi connectivity index (χ1n) is 7.21. The van der Waals surface area contributed by atoms with Crippen molar-refractivity contribution in [1.29, 1.82) is 0 Å². The van der Waals surface area contributed by atoms with E-state index in [4.69, 9.17) is 4.74 Å². The maximum absolute atomic E-state index is 11.9. The molecule has 2 unspecified atom stereocenters. The lowest BCUT2D eigenvalue weighted by molar-refractivity contribution is -0.206. The summed E-state index contributed by atoms with van der Waals surface area (Å²) in [6, 6.07) is 0. The van der Waals surface area contributed by atoms with Crippen LogP contribution in [0.2, 0.25) is 0 Å².